The van der Waals surface area contributed by atoms with Crippen LogP contribution in [0.4, 0.5) is 4.39 Å². The number of carbonyl (C=O) groups excluding carboxylic acids is 2. The molecule has 1 saturated heterocycles. The SMILES string of the molecule is Cc1ccc(CN(C)C(=O)COC(=O)c2ccc(F)c(S(=O)(=O)N3CCCCC3)c2)cc1. The van der Waals surface area contributed by atoms with Gasteiger partial charge in [0.15, 0.2) is 6.61 Å². The zero-order valence-electron chi connectivity index (χ0n) is 18.2. The van der Waals surface area contributed by atoms with Gasteiger partial charge >= 0.3 is 5.97 Å². The summed E-state index contributed by atoms with van der Waals surface area (Å²) in [5.74, 6) is -2.24. The summed E-state index contributed by atoms with van der Waals surface area (Å²) >= 11 is 0. The van der Waals surface area contributed by atoms with E-state index in [0.29, 0.717) is 32.5 Å². The minimum Gasteiger partial charge on any atom is -0.452 e. The number of sulfonamides is 1. The van der Waals surface area contributed by atoms with Crippen molar-refractivity contribution >= 4 is 21.9 Å². The van der Waals surface area contributed by atoms with Crippen molar-refractivity contribution in [3.63, 3.8) is 0 Å². The van der Waals surface area contributed by atoms with Gasteiger partial charge < -0.3 is 9.64 Å². The quantitative estimate of drug-likeness (QED) is 0.591. The molecule has 0 radical (unpaired) electrons. The Morgan fingerprint density at radius 3 is 2.38 bits per heavy atom. The summed E-state index contributed by atoms with van der Waals surface area (Å²) in [5, 5.41) is 0. The normalized spacial score (nSPS) is 14.7. The highest BCUT2D eigenvalue weighted by Crippen LogP contribution is 2.24. The van der Waals surface area contributed by atoms with E-state index in [1.54, 1.807) is 7.05 Å². The largest absolute Gasteiger partial charge is 0.452 e. The molecule has 1 amide bonds. The number of amides is 1. The van der Waals surface area contributed by atoms with Crippen molar-refractivity contribution in [2.24, 2.45) is 0 Å². The van der Waals surface area contributed by atoms with Crippen molar-refractivity contribution in [3.8, 4) is 0 Å². The predicted molar refractivity (Wildman–Crippen MR) is 117 cm³/mol. The van der Waals surface area contributed by atoms with E-state index < -0.39 is 39.2 Å². The molecule has 1 fully saturated rings. The van der Waals surface area contributed by atoms with Crippen LogP contribution in [0.3, 0.4) is 0 Å². The Labute approximate surface area is 187 Å². The molecule has 1 heterocycles. The summed E-state index contributed by atoms with van der Waals surface area (Å²) in [6.45, 7) is 2.45. The highest BCUT2D eigenvalue weighted by atomic mass is 32.2. The summed E-state index contributed by atoms with van der Waals surface area (Å²) in [4.78, 5) is 25.6. The second-order valence-corrected chi connectivity index (χ2v) is 9.83. The van der Waals surface area contributed by atoms with Gasteiger partial charge in [-0.2, -0.15) is 4.31 Å². The first-order valence-corrected chi connectivity index (χ1v) is 11.9. The zero-order valence-corrected chi connectivity index (χ0v) is 19.0. The molecule has 9 heteroatoms. The molecular weight excluding hydrogens is 435 g/mol. The number of hydrogen-bond donors (Lipinski definition) is 0. The fourth-order valence-corrected chi connectivity index (χ4v) is 5.06. The number of ether oxygens (including phenoxy) is 1. The molecule has 0 saturated carbocycles. The molecule has 2 aromatic rings. The molecule has 32 heavy (non-hydrogen) atoms. The molecule has 1 aliphatic heterocycles. The molecule has 0 atom stereocenters. The van der Waals surface area contributed by atoms with Gasteiger partial charge in [-0.1, -0.05) is 36.2 Å². The lowest BCUT2D eigenvalue weighted by Crippen LogP contribution is -2.36. The van der Waals surface area contributed by atoms with Crippen LogP contribution < -0.4 is 0 Å². The maximum absolute atomic E-state index is 14.3. The maximum Gasteiger partial charge on any atom is 0.338 e. The average Bonchev–Trinajstić information content (AvgIpc) is 2.79. The van der Waals surface area contributed by atoms with E-state index in [2.05, 4.69) is 0 Å². The first kappa shape index (κ1) is 23.9. The van der Waals surface area contributed by atoms with Crippen LogP contribution in [0, 0.1) is 12.7 Å². The molecule has 1 aliphatic rings. The Kier molecular flexibility index (Phi) is 7.63. The van der Waals surface area contributed by atoms with Gasteiger partial charge in [0.05, 0.1) is 5.56 Å². The predicted octanol–water partition coefficient (Wildman–Crippen LogP) is 3.12. The Morgan fingerprint density at radius 1 is 1.06 bits per heavy atom. The highest BCUT2D eigenvalue weighted by Gasteiger charge is 2.29. The number of likely N-dealkylation sites (N-methyl/N-ethyl adjacent to an activating group) is 1. The maximum atomic E-state index is 14.3. The molecule has 0 aromatic heterocycles. The Hall–Kier alpha value is -2.78. The molecule has 0 spiro atoms. The van der Waals surface area contributed by atoms with Gasteiger partial charge in [0.2, 0.25) is 10.0 Å². The van der Waals surface area contributed by atoms with Crippen LogP contribution in [0.15, 0.2) is 47.4 Å². The van der Waals surface area contributed by atoms with Gasteiger partial charge in [-0.25, -0.2) is 17.6 Å². The molecule has 3 rings (SSSR count). The zero-order chi connectivity index (χ0) is 23.3. The van der Waals surface area contributed by atoms with Crippen LogP contribution in [-0.2, 0) is 26.1 Å². The smallest absolute Gasteiger partial charge is 0.338 e. The second-order valence-electron chi connectivity index (χ2n) is 7.92. The second kappa shape index (κ2) is 10.2. The molecular formula is C23H27FN2O5S. The monoisotopic (exact) mass is 462 g/mol. The number of nitrogens with zero attached hydrogens (tertiary/aromatic N) is 2. The average molecular weight is 463 g/mol. The number of benzene rings is 2. The van der Waals surface area contributed by atoms with Crippen molar-refractivity contribution in [1.29, 1.82) is 0 Å². The van der Waals surface area contributed by atoms with Gasteiger partial charge in [0, 0.05) is 26.7 Å². The number of halogens is 1. The Bertz CT molecular complexity index is 1080. The Morgan fingerprint density at radius 2 is 1.72 bits per heavy atom. The van der Waals surface area contributed by atoms with E-state index in [1.807, 2.05) is 31.2 Å². The molecule has 0 N–H and O–H groups in total. The lowest BCUT2D eigenvalue weighted by Gasteiger charge is -2.26. The highest BCUT2D eigenvalue weighted by molar-refractivity contribution is 7.89. The fraction of sp³-hybridized carbons (Fsp3) is 0.391. The number of carbonyl (C=O) groups is 2. The van der Waals surface area contributed by atoms with Crippen LogP contribution in [-0.4, -0.2) is 56.2 Å². The molecule has 7 nitrogen and oxygen atoms in total. The van der Waals surface area contributed by atoms with Crippen molar-refractivity contribution in [2.75, 3.05) is 26.7 Å². The minimum atomic E-state index is -4.06. The number of hydrogen-bond acceptors (Lipinski definition) is 5. The molecule has 0 unspecified atom stereocenters. The van der Waals surface area contributed by atoms with Crippen LogP contribution in [0.1, 0.15) is 40.7 Å². The number of piperidine rings is 1. The van der Waals surface area contributed by atoms with Crippen molar-refractivity contribution < 1.29 is 27.1 Å². The molecule has 2 aromatic carbocycles. The molecule has 172 valence electrons. The fourth-order valence-electron chi connectivity index (χ4n) is 3.45. The summed E-state index contributed by atoms with van der Waals surface area (Å²) in [6.07, 6.45) is 2.34. The summed E-state index contributed by atoms with van der Waals surface area (Å²) in [5.41, 5.74) is 1.91. The lowest BCUT2D eigenvalue weighted by atomic mass is 10.1. The number of aryl methyl sites for hydroxylation is 1. The number of esters is 1. The van der Waals surface area contributed by atoms with Crippen LogP contribution in [0.5, 0.6) is 0 Å². The van der Waals surface area contributed by atoms with Gasteiger partial charge in [-0.3, -0.25) is 4.79 Å². The third-order valence-electron chi connectivity index (χ3n) is 5.39. The van der Waals surface area contributed by atoms with Gasteiger partial charge in [-0.15, -0.1) is 0 Å². The number of rotatable bonds is 7. The minimum absolute atomic E-state index is 0.129. The van der Waals surface area contributed by atoms with Crippen molar-refractivity contribution in [3.05, 3.63) is 65.0 Å². The van der Waals surface area contributed by atoms with E-state index in [-0.39, 0.29) is 5.56 Å². The van der Waals surface area contributed by atoms with Crippen LogP contribution in [0.25, 0.3) is 0 Å². The van der Waals surface area contributed by atoms with Gasteiger partial charge in [0.1, 0.15) is 10.7 Å². The van der Waals surface area contributed by atoms with E-state index in [1.165, 1.54) is 9.21 Å². The van der Waals surface area contributed by atoms with E-state index >= 15 is 0 Å². The molecule has 0 aliphatic carbocycles. The molecule has 0 bridgehead atoms. The topological polar surface area (TPSA) is 84.0 Å². The van der Waals surface area contributed by atoms with Crippen LogP contribution >= 0.6 is 0 Å². The van der Waals surface area contributed by atoms with Gasteiger partial charge in [0.25, 0.3) is 5.91 Å². The van der Waals surface area contributed by atoms with E-state index in [4.69, 9.17) is 4.74 Å². The third-order valence-corrected chi connectivity index (χ3v) is 7.31. The summed E-state index contributed by atoms with van der Waals surface area (Å²) < 4.78 is 46.2. The third kappa shape index (κ3) is 5.72. The van der Waals surface area contributed by atoms with Gasteiger partial charge in [-0.05, 0) is 43.5 Å². The van der Waals surface area contributed by atoms with Crippen molar-refractivity contribution in [1.82, 2.24) is 9.21 Å². The Balaban J connectivity index is 1.64. The van der Waals surface area contributed by atoms with Crippen molar-refractivity contribution in [2.45, 2.75) is 37.6 Å². The lowest BCUT2D eigenvalue weighted by molar-refractivity contribution is -0.133. The van der Waals surface area contributed by atoms with Crippen LogP contribution in [0.2, 0.25) is 0 Å². The summed E-state index contributed by atoms with van der Waals surface area (Å²) in [7, 11) is -2.46. The first-order valence-electron chi connectivity index (χ1n) is 10.4. The standard InChI is InChI=1S/C23H27FN2O5S/c1-17-6-8-18(9-7-17)15-25(2)22(27)16-31-23(28)19-10-11-20(24)21(14-19)32(29,30)26-12-4-3-5-13-26/h6-11,14H,3-5,12-13,15-16H2,1-2H3. The van der Waals surface area contributed by atoms with E-state index in [0.717, 1.165) is 35.7 Å². The summed E-state index contributed by atoms with van der Waals surface area (Å²) in [6, 6.07) is 10.8. The van der Waals surface area contributed by atoms with E-state index in [9.17, 15) is 22.4 Å². The first-order chi connectivity index (χ1) is 15.2.